The summed E-state index contributed by atoms with van der Waals surface area (Å²) in [5, 5.41) is 13.9. The molecule has 1 N–H and O–H groups in total. The van der Waals surface area contributed by atoms with Crippen LogP contribution < -0.4 is 9.80 Å². The van der Waals surface area contributed by atoms with Crippen molar-refractivity contribution in [3.05, 3.63) is 185 Å². The lowest BCUT2D eigenvalue weighted by molar-refractivity contribution is -0.127. The molecule has 2 aliphatic carbocycles. The monoisotopic (exact) mass is 782 g/mol. The van der Waals surface area contributed by atoms with Gasteiger partial charge in [0.25, 0.3) is 0 Å². The molecule has 9 heteroatoms. The lowest BCUT2D eigenvalue weighted by atomic mass is 9.48. The number of phenolic OH excluding ortho intramolecular Hbond substituents is 1. The van der Waals surface area contributed by atoms with E-state index in [1.165, 1.54) is 9.80 Å². The molecule has 8 nitrogen and oxygen atoms in total. The summed E-state index contributed by atoms with van der Waals surface area (Å²) < 4.78 is 0. The number of aromatic hydroxyl groups is 1. The van der Waals surface area contributed by atoms with Crippen LogP contribution in [0.25, 0.3) is 10.8 Å². The number of fused-ring (bicyclic) bond motifs is 5. The number of phenols is 1. The summed E-state index contributed by atoms with van der Waals surface area (Å²) in [6.07, 6.45) is 2.32. The second kappa shape index (κ2) is 13.5. The molecule has 2 heterocycles. The number of benzene rings is 6. The fraction of sp³-hybridized carbons (Fsp3) is 0.163. The molecule has 0 spiro atoms. The van der Waals surface area contributed by atoms with Gasteiger partial charge in [-0.1, -0.05) is 120 Å². The fourth-order valence-electron chi connectivity index (χ4n) is 10.4. The zero-order chi connectivity index (χ0) is 39.9. The first-order valence-corrected chi connectivity index (χ1v) is 19.8. The highest BCUT2D eigenvalue weighted by Gasteiger charge is 2.70. The average molecular weight is 783 g/mol. The normalized spacial score (nSPS) is 25.1. The van der Waals surface area contributed by atoms with Crippen molar-refractivity contribution in [3.8, 4) is 5.75 Å². The molecule has 6 aromatic rings. The van der Waals surface area contributed by atoms with Crippen molar-refractivity contribution >= 4 is 63.2 Å². The third-order valence-corrected chi connectivity index (χ3v) is 13.1. The van der Waals surface area contributed by atoms with Gasteiger partial charge in [-0.3, -0.25) is 28.9 Å². The van der Waals surface area contributed by atoms with Gasteiger partial charge in [-0.05, 0) is 83.6 Å². The molecule has 284 valence electrons. The summed E-state index contributed by atoms with van der Waals surface area (Å²) in [5.74, 6) is -5.91. The topological polar surface area (TPSA) is 112 Å². The Labute approximate surface area is 339 Å². The Kier molecular flexibility index (Phi) is 8.32. The van der Waals surface area contributed by atoms with Crippen molar-refractivity contribution in [2.24, 2.45) is 23.7 Å². The minimum Gasteiger partial charge on any atom is -0.508 e. The third kappa shape index (κ3) is 5.11. The van der Waals surface area contributed by atoms with E-state index in [1.54, 1.807) is 78.9 Å². The second-order valence-electron chi connectivity index (χ2n) is 15.6. The number of rotatable bonds is 6. The first-order valence-electron chi connectivity index (χ1n) is 19.4. The van der Waals surface area contributed by atoms with E-state index < -0.39 is 52.7 Å². The zero-order valence-electron chi connectivity index (χ0n) is 31.0. The Morgan fingerprint density at radius 3 is 2.09 bits per heavy atom. The molecule has 2 aliphatic heterocycles. The van der Waals surface area contributed by atoms with Crippen molar-refractivity contribution in [1.82, 2.24) is 0 Å². The van der Waals surface area contributed by atoms with Crippen LogP contribution in [0.15, 0.2) is 157 Å². The number of allylic oxidation sites excluding steroid dienone is 2. The number of hydrogen-bond acceptors (Lipinski definition) is 6. The predicted molar refractivity (Wildman–Crippen MR) is 221 cm³/mol. The van der Waals surface area contributed by atoms with Crippen LogP contribution in [0, 0.1) is 23.7 Å². The van der Waals surface area contributed by atoms with Crippen molar-refractivity contribution < 1.29 is 29.1 Å². The Hall–Kier alpha value is -6.64. The molecular formula is C49H35ClN2O6. The molecule has 0 radical (unpaired) electrons. The Morgan fingerprint density at radius 1 is 0.655 bits per heavy atom. The first kappa shape index (κ1) is 35.8. The molecule has 4 amide bonds. The second-order valence-corrected chi connectivity index (χ2v) is 16.0. The van der Waals surface area contributed by atoms with E-state index in [2.05, 4.69) is 0 Å². The summed E-state index contributed by atoms with van der Waals surface area (Å²) in [5.41, 5.74) is 1.94. The molecule has 58 heavy (non-hydrogen) atoms. The molecule has 3 fully saturated rings. The van der Waals surface area contributed by atoms with E-state index in [0.717, 1.165) is 11.0 Å². The van der Waals surface area contributed by atoms with Crippen LogP contribution in [0.3, 0.4) is 0 Å². The van der Waals surface area contributed by atoms with Gasteiger partial charge in [0, 0.05) is 27.6 Å². The van der Waals surface area contributed by atoms with E-state index in [4.69, 9.17) is 11.6 Å². The number of amides is 4. The number of hydrogen-bond donors (Lipinski definition) is 1. The van der Waals surface area contributed by atoms with Gasteiger partial charge in [-0.2, -0.15) is 0 Å². The van der Waals surface area contributed by atoms with Gasteiger partial charge in [0.05, 0.1) is 34.5 Å². The molecular weight excluding hydrogens is 748 g/mol. The predicted octanol–water partition coefficient (Wildman–Crippen LogP) is 8.80. The molecule has 6 aromatic carbocycles. The maximum atomic E-state index is 15.6. The van der Waals surface area contributed by atoms with E-state index in [0.29, 0.717) is 44.0 Å². The van der Waals surface area contributed by atoms with Gasteiger partial charge in [0.1, 0.15) is 5.75 Å². The van der Waals surface area contributed by atoms with Gasteiger partial charge in [-0.25, -0.2) is 4.90 Å². The third-order valence-electron chi connectivity index (χ3n) is 12.8. The van der Waals surface area contributed by atoms with Gasteiger partial charge >= 0.3 is 0 Å². The van der Waals surface area contributed by atoms with Crippen LogP contribution in [-0.2, 0) is 24.6 Å². The summed E-state index contributed by atoms with van der Waals surface area (Å²) in [7, 11) is 0. The van der Waals surface area contributed by atoms with E-state index in [9.17, 15) is 19.5 Å². The van der Waals surface area contributed by atoms with E-state index >= 15 is 9.59 Å². The first-order chi connectivity index (χ1) is 28.2. The van der Waals surface area contributed by atoms with Crippen LogP contribution in [-0.4, -0.2) is 34.5 Å². The summed E-state index contributed by atoms with van der Waals surface area (Å²) >= 11 is 6.46. The Balaban J connectivity index is 1.14. The quantitative estimate of drug-likeness (QED) is 0.103. The van der Waals surface area contributed by atoms with E-state index in [-0.39, 0.29) is 30.3 Å². The van der Waals surface area contributed by atoms with Gasteiger partial charge in [-0.15, -0.1) is 0 Å². The Morgan fingerprint density at radius 2 is 1.34 bits per heavy atom. The summed E-state index contributed by atoms with van der Waals surface area (Å²) in [4.78, 5) is 75.6. The smallest absolute Gasteiger partial charge is 0.246 e. The van der Waals surface area contributed by atoms with Crippen LogP contribution in [0.5, 0.6) is 5.75 Å². The SMILES string of the molecule is O=C(c1ccccc1)c1ccc(N2C(=O)[C@H]3[C@H](CC=C4[C@H]3C[C@H]3C(=O)N(c5cccc(Cl)c5)C(=O)[C@@]3(c3ccccc3)[C@H]4c3c(O)ccc4ccccc34)C2=O)cc1. The van der Waals surface area contributed by atoms with Crippen LogP contribution in [0.2, 0.25) is 5.02 Å². The molecule has 4 aliphatic rings. The number of nitrogens with zero attached hydrogens (tertiary/aromatic N) is 2. The lowest BCUT2D eigenvalue weighted by Crippen LogP contribution is -2.53. The highest BCUT2D eigenvalue weighted by molar-refractivity contribution is 6.32. The number of carbonyl (C=O) groups excluding carboxylic acids is 5. The van der Waals surface area contributed by atoms with Crippen molar-refractivity contribution in [2.45, 2.75) is 24.2 Å². The zero-order valence-corrected chi connectivity index (χ0v) is 31.8. The van der Waals surface area contributed by atoms with Crippen molar-refractivity contribution in [2.75, 3.05) is 9.80 Å². The Bertz CT molecular complexity index is 2750. The highest BCUT2D eigenvalue weighted by Crippen LogP contribution is 2.66. The van der Waals surface area contributed by atoms with E-state index in [1.807, 2.05) is 72.8 Å². The molecule has 6 atom stereocenters. The molecule has 0 unspecified atom stereocenters. The number of ketones is 1. The maximum Gasteiger partial charge on any atom is 0.246 e. The van der Waals surface area contributed by atoms with Crippen molar-refractivity contribution in [3.63, 3.8) is 0 Å². The average Bonchev–Trinajstić information content (AvgIpc) is 3.65. The molecule has 2 saturated heterocycles. The number of anilines is 2. The van der Waals surface area contributed by atoms with Gasteiger partial charge < -0.3 is 5.11 Å². The standard InChI is InChI=1S/C49H35ClN2O6/c50-32-15-9-16-34(26-32)52-46(56)39-27-38-36(43(49(39,48(52)58)31-13-5-2-6-14-31)42-35-17-8-7-10-28(35)20-25-40(42)53)23-24-37-41(38)47(57)51(45(37)55)33-21-18-30(19-22-33)44(54)29-11-3-1-4-12-29/h1-23,25-26,37-39,41,43,53H,24,27H2/t37-,38+,39-,41-,43+,49+/m0/s1. The number of halogens is 1. The molecule has 0 aromatic heterocycles. The minimum atomic E-state index is -1.54. The summed E-state index contributed by atoms with van der Waals surface area (Å²) in [6, 6.07) is 42.3. The van der Waals surface area contributed by atoms with Gasteiger partial charge in [0.2, 0.25) is 23.6 Å². The van der Waals surface area contributed by atoms with Crippen LogP contribution in [0.4, 0.5) is 11.4 Å². The van der Waals surface area contributed by atoms with Gasteiger partial charge in [0.15, 0.2) is 5.78 Å². The van der Waals surface area contributed by atoms with Crippen LogP contribution in [0.1, 0.15) is 45.8 Å². The fourth-order valence-corrected chi connectivity index (χ4v) is 10.6. The molecule has 0 bridgehead atoms. The largest absolute Gasteiger partial charge is 0.508 e. The summed E-state index contributed by atoms with van der Waals surface area (Å²) in [6.45, 7) is 0. The minimum absolute atomic E-state index is 0.0384. The molecule has 1 saturated carbocycles. The highest BCUT2D eigenvalue weighted by atomic mass is 35.5. The molecule has 10 rings (SSSR count). The van der Waals surface area contributed by atoms with Crippen LogP contribution >= 0.6 is 11.6 Å². The lowest BCUT2D eigenvalue weighted by Gasteiger charge is -2.51. The van der Waals surface area contributed by atoms with Crippen molar-refractivity contribution in [1.29, 1.82) is 0 Å². The number of carbonyl (C=O) groups is 5. The number of imide groups is 2. The maximum absolute atomic E-state index is 15.6.